The van der Waals surface area contributed by atoms with Crippen LogP contribution < -0.4 is 4.74 Å². The second-order valence-corrected chi connectivity index (χ2v) is 5.84. The summed E-state index contributed by atoms with van der Waals surface area (Å²) in [7, 11) is 1.58. The minimum absolute atomic E-state index is 0.169. The molecule has 0 fully saturated rings. The van der Waals surface area contributed by atoms with E-state index in [2.05, 4.69) is 0 Å². The van der Waals surface area contributed by atoms with E-state index in [0.717, 1.165) is 22.8 Å². The van der Waals surface area contributed by atoms with E-state index in [1.54, 1.807) is 26.2 Å². The van der Waals surface area contributed by atoms with Gasteiger partial charge in [0, 0.05) is 10.5 Å². The Morgan fingerprint density at radius 2 is 1.76 bits per heavy atom. The Bertz CT molecular complexity index is 641. The van der Waals surface area contributed by atoms with Crippen LogP contribution in [0.25, 0.3) is 0 Å². The summed E-state index contributed by atoms with van der Waals surface area (Å²) in [5, 5.41) is -0.400. The molecule has 0 amide bonds. The molecule has 2 rings (SSSR count). The van der Waals surface area contributed by atoms with Gasteiger partial charge in [-0.05, 0) is 49.4 Å². The van der Waals surface area contributed by atoms with Crippen LogP contribution in [0.1, 0.15) is 17.3 Å². The zero-order chi connectivity index (χ0) is 15.4. The molecule has 0 bridgehead atoms. The molecule has 1 atom stereocenters. The highest BCUT2D eigenvalue weighted by atomic mass is 32.2. The van der Waals surface area contributed by atoms with Crippen molar-refractivity contribution in [2.75, 3.05) is 7.11 Å². The van der Waals surface area contributed by atoms with E-state index in [-0.39, 0.29) is 11.3 Å². The molecule has 0 spiro atoms. The molecule has 0 aromatic heterocycles. The third kappa shape index (κ3) is 3.82. The molecule has 0 aliphatic carbocycles. The van der Waals surface area contributed by atoms with Crippen LogP contribution in [-0.4, -0.2) is 18.1 Å². The number of rotatable bonds is 5. The average Bonchev–Trinajstić information content (AvgIpc) is 2.50. The molecule has 0 N–H and O–H groups in total. The maximum atomic E-state index is 13.2. The van der Waals surface area contributed by atoms with Gasteiger partial charge in [-0.2, -0.15) is 0 Å². The first-order valence-corrected chi connectivity index (χ1v) is 7.19. The number of halogens is 2. The molecule has 110 valence electrons. The third-order valence-corrected chi connectivity index (χ3v) is 4.06. The van der Waals surface area contributed by atoms with Crippen LogP contribution in [0.3, 0.4) is 0 Å². The van der Waals surface area contributed by atoms with Gasteiger partial charge < -0.3 is 4.74 Å². The Balaban J connectivity index is 2.09. The van der Waals surface area contributed by atoms with Gasteiger partial charge in [0.1, 0.15) is 5.75 Å². The van der Waals surface area contributed by atoms with Crippen molar-refractivity contribution in [3.05, 3.63) is 59.7 Å². The quantitative estimate of drug-likeness (QED) is 0.607. The standard InChI is InChI=1S/C16H14F2O2S/c1-10(21-13-6-4-12(20-2)5-7-13)16(19)11-3-8-14(17)15(18)9-11/h3-10H,1-2H3. The molecule has 2 nitrogen and oxygen atoms in total. The number of Topliss-reactive ketones (excluding diaryl/α,β-unsaturated/α-hetero) is 1. The summed E-state index contributed by atoms with van der Waals surface area (Å²) >= 11 is 1.35. The molecule has 5 heteroatoms. The van der Waals surface area contributed by atoms with Crippen molar-refractivity contribution in [3.63, 3.8) is 0 Å². The summed E-state index contributed by atoms with van der Waals surface area (Å²) < 4.78 is 31.1. The predicted molar refractivity (Wildman–Crippen MR) is 79.0 cm³/mol. The van der Waals surface area contributed by atoms with E-state index in [9.17, 15) is 13.6 Å². The normalized spacial score (nSPS) is 12.0. The molecule has 0 aliphatic heterocycles. The van der Waals surface area contributed by atoms with Gasteiger partial charge in [0.2, 0.25) is 0 Å². The molecular formula is C16H14F2O2S. The fourth-order valence-electron chi connectivity index (χ4n) is 1.80. The number of hydrogen-bond acceptors (Lipinski definition) is 3. The summed E-state index contributed by atoms with van der Waals surface area (Å²) in [5.41, 5.74) is 0.169. The van der Waals surface area contributed by atoms with Gasteiger partial charge >= 0.3 is 0 Å². The molecule has 0 heterocycles. The Kier molecular flexibility index (Phi) is 4.96. The lowest BCUT2D eigenvalue weighted by Gasteiger charge is -2.11. The minimum Gasteiger partial charge on any atom is -0.497 e. The molecule has 0 radical (unpaired) electrons. The van der Waals surface area contributed by atoms with Gasteiger partial charge in [0.25, 0.3) is 0 Å². The largest absolute Gasteiger partial charge is 0.497 e. The van der Waals surface area contributed by atoms with Crippen molar-refractivity contribution in [1.82, 2.24) is 0 Å². The minimum atomic E-state index is -1.01. The fraction of sp³-hybridized carbons (Fsp3) is 0.188. The molecule has 1 unspecified atom stereocenters. The van der Waals surface area contributed by atoms with Gasteiger partial charge in [-0.15, -0.1) is 11.8 Å². The lowest BCUT2D eigenvalue weighted by molar-refractivity contribution is 0.0993. The molecular weight excluding hydrogens is 294 g/mol. The van der Waals surface area contributed by atoms with Crippen molar-refractivity contribution in [2.24, 2.45) is 0 Å². The van der Waals surface area contributed by atoms with E-state index >= 15 is 0 Å². The average molecular weight is 308 g/mol. The van der Waals surface area contributed by atoms with Crippen LogP contribution in [0.2, 0.25) is 0 Å². The number of thioether (sulfide) groups is 1. The maximum absolute atomic E-state index is 13.2. The second kappa shape index (κ2) is 6.72. The Morgan fingerprint density at radius 3 is 2.33 bits per heavy atom. The van der Waals surface area contributed by atoms with Gasteiger partial charge in [-0.3, -0.25) is 4.79 Å². The first-order chi connectivity index (χ1) is 10.0. The lowest BCUT2D eigenvalue weighted by Crippen LogP contribution is -2.13. The number of benzene rings is 2. The van der Waals surface area contributed by atoms with Gasteiger partial charge in [-0.25, -0.2) is 8.78 Å². The molecule has 2 aromatic rings. The first kappa shape index (κ1) is 15.5. The van der Waals surface area contributed by atoms with Crippen LogP contribution in [0.5, 0.6) is 5.75 Å². The topological polar surface area (TPSA) is 26.3 Å². The summed E-state index contributed by atoms with van der Waals surface area (Å²) in [6.45, 7) is 1.73. The Hall–Kier alpha value is -1.88. The molecule has 0 saturated carbocycles. The highest BCUT2D eigenvalue weighted by Crippen LogP contribution is 2.27. The van der Waals surface area contributed by atoms with Crippen LogP contribution in [0, 0.1) is 11.6 Å². The molecule has 21 heavy (non-hydrogen) atoms. The van der Waals surface area contributed by atoms with Crippen LogP contribution in [0.4, 0.5) is 8.78 Å². The van der Waals surface area contributed by atoms with Crippen molar-refractivity contribution in [2.45, 2.75) is 17.1 Å². The number of methoxy groups -OCH3 is 1. The zero-order valence-electron chi connectivity index (χ0n) is 11.6. The van der Waals surface area contributed by atoms with Crippen molar-refractivity contribution < 1.29 is 18.3 Å². The summed E-state index contributed by atoms with van der Waals surface area (Å²) in [6.07, 6.45) is 0. The number of carbonyl (C=O) groups excluding carboxylic acids is 1. The zero-order valence-corrected chi connectivity index (χ0v) is 12.4. The molecule has 2 aromatic carbocycles. The summed E-state index contributed by atoms with van der Waals surface area (Å²) in [4.78, 5) is 13.1. The Morgan fingerprint density at radius 1 is 1.10 bits per heavy atom. The number of ketones is 1. The van der Waals surface area contributed by atoms with E-state index in [0.29, 0.717) is 0 Å². The summed E-state index contributed by atoms with van der Waals surface area (Å²) in [5.74, 6) is -1.47. The Labute approximate surface area is 126 Å². The molecule has 0 aliphatic rings. The number of ether oxygens (including phenoxy) is 1. The van der Waals surface area contributed by atoms with Gasteiger partial charge in [0.05, 0.1) is 12.4 Å². The van der Waals surface area contributed by atoms with E-state index in [4.69, 9.17) is 4.74 Å². The van der Waals surface area contributed by atoms with Crippen LogP contribution in [0.15, 0.2) is 47.4 Å². The van der Waals surface area contributed by atoms with Crippen LogP contribution >= 0.6 is 11.8 Å². The monoisotopic (exact) mass is 308 g/mol. The van der Waals surface area contributed by atoms with E-state index in [1.165, 1.54) is 17.8 Å². The van der Waals surface area contributed by atoms with E-state index in [1.807, 2.05) is 12.1 Å². The highest BCUT2D eigenvalue weighted by Gasteiger charge is 2.18. The van der Waals surface area contributed by atoms with Crippen molar-refractivity contribution in [3.8, 4) is 5.75 Å². The molecule has 0 saturated heterocycles. The van der Waals surface area contributed by atoms with E-state index < -0.39 is 16.9 Å². The highest BCUT2D eigenvalue weighted by molar-refractivity contribution is 8.00. The second-order valence-electron chi connectivity index (χ2n) is 4.43. The maximum Gasteiger partial charge on any atom is 0.175 e. The third-order valence-electron chi connectivity index (χ3n) is 2.95. The van der Waals surface area contributed by atoms with Crippen molar-refractivity contribution >= 4 is 17.5 Å². The lowest BCUT2D eigenvalue weighted by atomic mass is 10.1. The smallest absolute Gasteiger partial charge is 0.175 e. The van der Waals surface area contributed by atoms with Gasteiger partial charge in [-0.1, -0.05) is 0 Å². The summed E-state index contributed by atoms with van der Waals surface area (Å²) in [6, 6.07) is 10.5. The van der Waals surface area contributed by atoms with Crippen LogP contribution in [-0.2, 0) is 0 Å². The first-order valence-electron chi connectivity index (χ1n) is 6.31. The van der Waals surface area contributed by atoms with Crippen molar-refractivity contribution in [1.29, 1.82) is 0 Å². The SMILES string of the molecule is COc1ccc(SC(C)C(=O)c2ccc(F)c(F)c2)cc1. The predicted octanol–water partition coefficient (Wildman–Crippen LogP) is 4.34. The fourth-order valence-corrected chi connectivity index (χ4v) is 2.74. The number of hydrogen-bond donors (Lipinski definition) is 0. The number of carbonyl (C=O) groups is 1. The van der Waals surface area contributed by atoms with Gasteiger partial charge in [0.15, 0.2) is 17.4 Å².